The first-order valence-electron chi connectivity index (χ1n) is 17.1. The molecule has 1 N–H and O–H groups in total. The minimum atomic E-state index is -1.20. The Morgan fingerprint density at radius 3 is 2.38 bits per heavy atom. The average Bonchev–Trinajstić information content (AvgIpc) is 3.42. The second kappa shape index (κ2) is 14.8. The maximum Gasteiger partial charge on any atom is 0.416 e. The Labute approximate surface area is 293 Å². The highest BCUT2D eigenvalue weighted by Gasteiger charge is 2.41. The number of amides is 2. The number of ether oxygens (including phenoxy) is 2. The fraction of sp³-hybridized carbons (Fsp3) is 0.611. The number of likely N-dealkylation sites (tertiary alicyclic amines) is 1. The Balaban J connectivity index is 1.61. The standard InChI is InChI=1S/C36H52FN7O6/c1-23(2)26-20-39-43-30(42(33(46)50-35(6,7)8)21-24-12-11-13-25(18-24)44(47)48)19-29(40-31(26)43)38-16-15-36(9,10)27-14-17-41(22-28(27)37)32(45)49-34(3,4)5/h11-13,18-20,23,27-28H,14-17,21-22H2,1-10H3,(H,38,40)/t27-,28-/m0/s1. The van der Waals surface area contributed by atoms with Gasteiger partial charge in [0.25, 0.3) is 5.69 Å². The number of nitrogens with one attached hydrogen (secondary N) is 1. The van der Waals surface area contributed by atoms with Crippen molar-refractivity contribution in [2.24, 2.45) is 11.3 Å². The predicted molar refractivity (Wildman–Crippen MR) is 190 cm³/mol. The Morgan fingerprint density at radius 1 is 1.10 bits per heavy atom. The highest BCUT2D eigenvalue weighted by Crippen LogP contribution is 2.40. The van der Waals surface area contributed by atoms with E-state index in [9.17, 15) is 19.7 Å². The van der Waals surface area contributed by atoms with Crippen molar-refractivity contribution in [2.45, 2.75) is 112 Å². The number of rotatable bonds is 10. The van der Waals surface area contributed by atoms with E-state index < -0.39 is 39.9 Å². The van der Waals surface area contributed by atoms with E-state index in [1.807, 2.05) is 27.7 Å². The number of non-ortho nitro benzene ring substituents is 1. The summed E-state index contributed by atoms with van der Waals surface area (Å²) in [6.07, 6.45) is 0.474. The number of alkyl halides is 1. The zero-order valence-corrected chi connectivity index (χ0v) is 30.9. The molecule has 4 rings (SSSR count). The van der Waals surface area contributed by atoms with Crippen LogP contribution in [0.15, 0.2) is 36.5 Å². The topological polar surface area (TPSA) is 144 Å². The molecular formula is C36H52FN7O6. The van der Waals surface area contributed by atoms with Crippen LogP contribution in [0.1, 0.15) is 99.1 Å². The average molecular weight is 698 g/mol. The molecule has 0 saturated carbocycles. The molecule has 50 heavy (non-hydrogen) atoms. The van der Waals surface area contributed by atoms with E-state index in [2.05, 4.69) is 10.4 Å². The number of hydrogen-bond donors (Lipinski definition) is 1. The number of halogens is 1. The van der Waals surface area contributed by atoms with E-state index >= 15 is 4.39 Å². The lowest BCUT2D eigenvalue weighted by atomic mass is 9.71. The Kier molecular flexibility index (Phi) is 11.3. The van der Waals surface area contributed by atoms with Crippen LogP contribution in [0.4, 0.5) is 31.3 Å². The Bertz CT molecular complexity index is 1690. The van der Waals surface area contributed by atoms with Gasteiger partial charge in [-0.15, -0.1) is 0 Å². The van der Waals surface area contributed by atoms with Gasteiger partial charge in [0, 0.05) is 36.9 Å². The maximum atomic E-state index is 15.6. The number of piperidine rings is 1. The van der Waals surface area contributed by atoms with Crippen LogP contribution in [0.2, 0.25) is 0 Å². The molecule has 1 aromatic carbocycles. The van der Waals surface area contributed by atoms with Gasteiger partial charge in [0.1, 0.15) is 29.0 Å². The molecule has 1 aliphatic rings. The number of nitro benzene ring substituents is 1. The largest absolute Gasteiger partial charge is 0.444 e. The molecule has 2 atom stereocenters. The van der Waals surface area contributed by atoms with E-state index in [1.165, 1.54) is 21.9 Å². The third-order valence-electron chi connectivity index (χ3n) is 8.73. The van der Waals surface area contributed by atoms with Gasteiger partial charge >= 0.3 is 12.2 Å². The first kappa shape index (κ1) is 38.3. The van der Waals surface area contributed by atoms with Crippen molar-refractivity contribution in [1.82, 2.24) is 19.5 Å². The van der Waals surface area contributed by atoms with E-state index in [0.29, 0.717) is 48.8 Å². The van der Waals surface area contributed by atoms with Gasteiger partial charge in [0.2, 0.25) is 0 Å². The van der Waals surface area contributed by atoms with E-state index in [-0.39, 0.29) is 30.6 Å². The molecule has 0 aliphatic carbocycles. The zero-order chi connectivity index (χ0) is 37.2. The first-order chi connectivity index (χ1) is 23.1. The van der Waals surface area contributed by atoms with Crippen LogP contribution < -0.4 is 10.2 Å². The van der Waals surface area contributed by atoms with Crippen LogP contribution >= 0.6 is 0 Å². The second-order valence-corrected chi connectivity index (χ2v) is 16.0. The van der Waals surface area contributed by atoms with Crippen LogP contribution in [0.5, 0.6) is 0 Å². The van der Waals surface area contributed by atoms with Crippen molar-refractivity contribution in [3.8, 4) is 0 Å². The van der Waals surface area contributed by atoms with E-state index in [4.69, 9.17) is 14.5 Å². The smallest absolute Gasteiger partial charge is 0.416 e. The van der Waals surface area contributed by atoms with Crippen LogP contribution in [0.3, 0.4) is 0 Å². The lowest BCUT2D eigenvalue weighted by Crippen LogP contribution is -2.50. The number of nitro groups is 1. The molecule has 0 bridgehead atoms. The third kappa shape index (κ3) is 9.60. The molecule has 14 heteroatoms. The summed E-state index contributed by atoms with van der Waals surface area (Å²) in [7, 11) is 0. The minimum Gasteiger partial charge on any atom is -0.444 e. The maximum absolute atomic E-state index is 15.6. The molecule has 0 unspecified atom stereocenters. The third-order valence-corrected chi connectivity index (χ3v) is 8.73. The lowest BCUT2D eigenvalue weighted by molar-refractivity contribution is -0.384. The monoisotopic (exact) mass is 697 g/mol. The van der Waals surface area contributed by atoms with Crippen LogP contribution in [0, 0.1) is 21.4 Å². The Hall–Kier alpha value is -4.49. The van der Waals surface area contributed by atoms with Crippen molar-refractivity contribution < 1.29 is 28.4 Å². The predicted octanol–water partition coefficient (Wildman–Crippen LogP) is 8.13. The number of fused-ring (bicyclic) bond motifs is 1. The molecule has 3 aromatic rings. The molecule has 2 aromatic heterocycles. The van der Waals surface area contributed by atoms with Crippen molar-refractivity contribution >= 4 is 35.2 Å². The highest BCUT2D eigenvalue weighted by atomic mass is 19.1. The van der Waals surface area contributed by atoms with Gasteiger partial charge in [-0.1, -0.05) is 39.8 Å². The summed E-state index contributed by atoms with van der Waals surface area (Å²) >= 11 is 0. The fourth-order valence-corrected chi connectivity index (χ4v) is 6.14. The fourth-order valence-electron chi connectivity index (χ4n) is 6.14. The number of carbonyl (C=O) groups is 2. The molecule has 2 amide bonds. The van der Waals surface area contributed by atoms with Crippen molar-refractivity contribution in [3.05, 3.63) is 57.8 Å². The van der Waals surface area contributed by atoms with Gasteiger partial charge < -0.3 is 19.7 Å². The molecule has 0 radical (unpaired) electrons. The van der Waals surface area contributed by atoms with E-state index in [0.717, 1.165) is 5.56 Å². The van der Waals surface area contributed by atoms with Gasteiger partial charge in [-0.3, -0.25) is 15.0 Å². The second-order valence-electron chi connectivity index (χ2n) is 16.0. The summed E-state index contributed by atoms with van der Waals surface area (Å²) in [5.41, 5.74) is -0.0345. The van der Waals surface area contributed by atoms with E-state index in [1.54, 1.807) is 70.5 Å². The summed E-state index contributed by atoms with van der Waals surface area (Å²) < 4.78 is 28.4. The Morgan fingerprint density at radius 2 is 1.78 bits per heavy atom. The summed E-state index contributed by atoms with van der Waals surface area (Å²) in [6.45, 7) is 19.6. The molecular weight excluding hydrogens is 645 g/mol. The van der Waals surface area contributed by atoms with Gasteiger partial charge in [-0.2, -0.15) is 9.61 Å². The molecule has 1 saturated heterocycles. The molecule has 3 heterocycles. The van der Waals surface area contributed by atoms with Gasteiger partial charge in [0.05, 0.1) is 24.2 Å². The minimum absolute atomic E-state index is 0.0116. The van der Waals surface area contributed by atoms with Crippen LogP contribution in [-0.2, 0) is 16.0 Å². The number of anilines is 2. The number of hydrogen-bond acceptors (Lipinski definition) is 9. The molecule has 1 aliphatic heterocycles. The van der Waals surface area contributed by atoms with Crippen molar-refractivity contribution in [1.29, 1.82) is 0 Å². The first-order valence-corrected chi connectivity index (χ1v) is 17.1. The quantitative estimate of drug-likeness (QED) is 0.164. The van der Waals surface area contributed by atoms with Gasteiger partial charge in [-0.25, -0.2) is 19.0 Å². The summed E-state index contributed by atoms with van der Waals surface area (Å²) in [6, 6.07) is 7.81. The summed E-state index contributed by atoms with van der Waals surface area (Å²) in [5, 5.41) is 19.5. The summed E-state index contributed by atoms with van der Waals surface area (Å²) in [5.74, 6) is 0.647. The van der Waals surface area contributed by atoms with Crippen LogP contribution in [0.25, 0.3) is 5.65 Å². The molecule has 274 valence electrons. The molecule has 1 fully saturated rings. The SMILES string of the molecule is CC(C)c1cnn2c(N(Cc3cccc([N+](=O)[O-])c3)C(=O)OC(C)(C)C)cc(NCCC(C)(C)[C@H]3CCN(C(=O)OC(C)(C)C)C[C@@H]3F)nc12. The van der Waals surface area contributed by atoms with Gasteiger partial charge in [0.15, 0.2) is 5.65 Å². The van der Waals surface area contributed by atoms with Crippen molar-refractivity contribution in [2.75, 3.05) is 29.9 Å². The number of aromatic nitrogens is 3. The van der Waals surface area contributed by atoms with Gasteiger partial charge in [-0.05, 0) is 77.2 Å². The molecule has 0 spiro atoms. The van der Waals surface area contributed by atoms with Crippen molar-refractivity contribution in [3.63, 3.8) is 0 Å². The molecule has 13 nitrogen and oxygen atoms in total. The lowest BCUT2D eigenvalue weighted by Gasteiger charge is -2.43. The zero-order valence-electron chi connectivity index (χ0n) is 30.9. The summed E-state index contributed by atoms with van der Waals surface area (Å²) in [4.78, 5) is 45.1. The van der Waals surface area contributed by atoms with Crippen LogP contribution in [-0.4, -0.2) is 73.6 Å². The highest BCUT2D eigenvalue weighted by molar-refractivity contribution is 5.88. The normalized spacial score (nSPS) is 17.2. The number of carbonyl (C=O) groups excluding carboxylic acids is 2. The number of benzene rings is 1. The number of nitrogens with zero attached hydrogens (tertiary/aromatic N) is 6.